The zero-order chi connectivity index (χ0) is 13.1. The van der Waals surface area contributed by atoms with Crippen molar-refractivity contribution in [2.75, 3.05) is 7.11 Å². The van der Waals surface area contributed by atoms with Gasteiger partial charge < -0.3 is 4.74 Å². The third kappa shape index (κ3) is 3.92. The summed E-state index contributed by atoms with van der Waals surface area (Å²) >= 11 is 0. The molecule has 0 saturated carbocycles. The van der Waals surface area contributed by atoms with Gasteiger partial charge in [0, 0.05) is 0 Å². The molecule has 0 atom stereocenters. The van der Waals surface area contributed by atoms with E-state index in [1.165, 1.54) is 16.7 Å². The summed E-state index contributed by atoms with van der Waals surface area (Å²) in [5.74, 6) is 0.972. The van der Waals surface area contributed by atoms with Gasteiger partial charge in [-0.2, -0.15) is 0 Å². The lowest BCUT2D eigenvalue weighted by molar-refractivity contribution is 0.409. The normalized spacial score (nSPS) is 11.4. The van der Waals surface area contributed by atoms with Gasteiger partial charge in [-0.15, -0.1) is 0 Å². The van der Waals surface area contributed by atoms with E-state index in [4.69, 9.17) is 4.74 Å². The molecule has 94 valence electrons. The van der Waals surface area contributed by atoms with Crippen molar-refractivity contribution >= 4 is 5.57 Å². The highest BCUT2D eigenvalue weighted by Gasteiger charge is 2.14. The maximum atomic E-state index is 5.42. The molecule has 0 aliphatic heterocycles. The van der Waals surface area contributed by atoms with E-state index in [1.54, 1.807) is 7.11 Å². The van der Waals surface area contributed by atoms with E-state index in [2.05, 4.69) is 52.5 Å². The molecular weight excluding hydrogens is 208 g/mol. The minimum absolute atomic E-state index is 0.272. The maximum Gasteiger partial charge on any atom is 0.122 e. The molecule has 0 radical (unpaired) electrons. The first-order valence-corrected chi connectivity index (χ1v) is 6.22. The topological polar surface area (TPSA) is 9.23 Å². The average molecular weight is 232 g/mol. The molecule has 0 saturated heterocycles. The lowest BCUT2D eigenvalue weighted by atomic mass is 9.86. The molecule has 0 bridgehead atoms. The Morgan fingerprint density at radius 2 is 1.94 bits per heavy atom. The molecule has 1 heteroatoms. The summed E-state index contributed by atoms with van der Waals surface area (Å²) in [7, 11) is 1.73. The Balaban J connectivity index is 2.96. The van der Waals surface area contributed by atoms with Crippen LogP contribution in [0.15, 0.2) is 24.8 Å². The van der Waals surface area contributed by atoms with Crippen molar-refractivity contribution in [2.45, 2.75) is 40.5 Å². The van der Waals surface area contributed by atoms with Crippen molar-refractivity contribution in [1.82, 2.24) is 0 Å². The third-order valence-corrected chi connectivity index (χ3v) is 2.82. The summed E-state index contributed by atoms with van der Waals surface area (Å²) in [5, 5.41) is 0. The smallest absolute Gasteiger partial charge is 0.122 e. The van der Waals surface area contributed by atoms with Crippen LogP contribution in [0.3, 0.4) is 0 Å². The molecule has 0 N–H and O–H groups in total. The zero-order valence-corrected chi connectivity index (χ0v) is 11.8. The minimum atomic E-state index is 0.272. The van der Waals surface area contributed by atoms with Crippen molar-refractivity contribution in [3.63, 3.8) is 0 Å². The summed E-state index contributed by atoms with van der Waals surface area (Å²) in [5.41, 5.74) is 3.89. The molecule has 0 aliphatic carbocycles. The van der Waals surface area contributed by atoms with Gasteiger partial charge in [0.25, 0.3) is 0 Å². The Morgan fingerprint density at radius 1 is 1.29 bits per heavy atom. The van der Waals surface area contributed by atoms with E-state index in [0.29, 0.717) is 0 Å². The lowest BCUT2D eigenvalue weighted by Gasteiger charge is -2.20. The van der Waals surface area contributed by atoms with Crippen molar-refractivity contribution < 1.29 is 4.74 Å². The van der Waals surface area contributed by atoms with E-state index >= 15 is 0 Å². The van der Waals surface area contributed by atoms with Gasteiger partial charge in [0.15, 0.2) is 0 Å². The maximum absolute atomic E-state index is 5.42. The van der Waals surface area contributed by atoms with Crippen molar-refractivity contribution in [3.8, 4) is 5.75 Å². The summed E-state index contributed by atoms with van der Waals surface area (Å²) in [6, 6.07) is 6.39. The largest absolute Gasteiger partial charge is 0.496 e. The SMILES string of the molecule is C=C(CC(C)(C)C)c1ccc(CC)c(OC)c1. The molecule has 17 heavy (non-hydrogen) atoms. The molecule has 1 aromatic carbocycles. The van der Waals surface area contributed by atoms with Crippen molar-refractivity contribution in [3.05, 3.63) is 35.9 Å². The standard InChI is InChI=1S/C16H24O/c1-7-13-8-9-14(10-15(13)17-6)12(2)11-16(3,4)5/h8-10H,2,7,11H2,1,3-6H3. The molecule has 0 aromatic heterocycles. The number of aryl methyl sites for hydroxylation is 1. The van der Waals surface area contributed by atoms with Gasteiger partial charge in [-0.25, -0.2) is 0 Å². The first-order chi connectivity index (χ1) is 7.87. The quantitative estimate of drug-likeness (QED) is 0.730. The van der Waals surface area contributed by atoms with E-state index < -0.39 is 0 Å². The molecule has 0 heterocycles. The Kier molecular flexibility index (Phi) is 4.39. The molecule has 0 aliphatic rings. The number of allylic oxidation sites excluding steroid dienone is 1. The Morgan fingerprint density at radius 3 is 2.41 bits per heavy atom. The summed E-state index contributed by atoms with van der Waals surface area (Å²) in [6.07, 6.45) is 2.00. The number of rotatable bonds is 4. The van der Waals surface area contributed by atoms with Crippen molar-refractivity contribution in [1.29, 1.82) is 0 Å². The Bertz CT molecular complexity index is 396. The molecule has 1 nitrogen and oxygen atoms in total. The van der Waals surface area contributed by atoms with Gasteiger partial charge in [0.2, 0.25) is 0 Å². The zero-order valence-electron chi connectivity index (χ0n) is 11.8. The highest BCUT2D eigenvalue weighted by Crippen LogP contribution is 2.31. The van der Waals surface area contributed by atoms with Crippen LogP contribution in [0.4, 0.5) is 0 Å². The van der Waals surface area contributed by atoms with E-state index in [0.717, 1.165) is 18.6 Å². The third-order valence-electron chi connectivity index (χ3n) is 2.82. The Hall–Kier alpha value is -1.24. The summed E-state index contributed by atoms with van der Waals surface area (Å²) < 4.78 is 5.42. The van der Waals surface area contributed by atoms with Gasteiger partial charge in [-0.05, 0) is 41.0 Å². The fourth-order valence-electron chi connectivity index (χ4n) is 2.00. The van der Waals surface area contributed by atoms with Crippen molar-refractivity contribution in [2.24, 2.45) is 5.41 Å². The van der Waals surface area contributed by atoms with Crippen LogP contribution < -0.4 is 4.74 Å². The first kappa shape index (κ1) is 13.8. The highest BCUT2D eigenvalue weighted by molar-refractivity contribution is 5.65. The van der Waals surface area contributed by atoms with Gasteiger partial charge in [-0.3, -0.25) is 0 Å². The molecule has 0 fully saturated rings. The van der Waals surface area contributed by atoms with E-state index in [1.807, 2.05) is 0 Å². The van der Waals surface area contributed by atoms with Crippen LogP contribution in [0.1, 0.15) is 45.2 Å². The predicted octanol–water partition coefficient (Wildman–Crippen LogP) is 4.71. The summed E-state index contributed by atoms with van der Waals surface area (Å²) in [4.78, 5) is 0. The van der Waals surface area contributed by atoms with E-state index in [9.17, 15) is 0 Å². The second kappa shape index (κ2) is 5.39. The van der Waals surface area contributed by atoms with Gasteiger partial charge in [-0.1, -0.05) is 46.4 Å². The molecule has 0 amide bonds. The molecule has 1 aromatic rings. The first-order valence-electron chi connectivity index (χ1n) is 6.22. The minimum Gasteiger partial charge on any atom is -0.496 e. The monoisotopic (exact) mass is 232 g/mol. The fourth-order valence-corrected chi connectivity index (χ4v) is 2.00. The van der Waals surface area contributed by atoms with Crippen LogP contribution in [0, 0.1) is 5.41 Å². The number of ether oxygens (including phenoxy) is 1. The lowest BCUT2D eigenvalue weighted by Crippen LogP contribution is -2.05. The number of hydrogen-bond acceptors (Lipinski definition) is 1. The Labute approximate surface area is 106 Å². The number of methoxy groups -OCH3 is 1. The van der Waals surface area contributed by atoms with Crippen LogP contribution in [-0.4, -0.2) is 7.11 Å². The molecule has 1 rings (SSSR count). The summed E-state index contributed by atoms with van der Waals surface area (Å²) in [6.45, 7) is 13.0. The van der Waals surface area contributed by atoms with Gasteiger partial charge in [0.05, 0.1) is 7.11 Å². The van der Waals surface area contributed by atoms with E-state index in [-0.39, 0.29) is 5.41 Å². The average Bonchev–Trinajstić information content (AvgIpc) is 2.25. The van der Waals surface area contributed by atoms with Gasteiger partial charge in [0.1, 0.15) is 5.75 Å². The number of hydrogen-bond donors (Lipinski definition) is 0. The number of benzene rings is 1. The second-order valence-corrected chi connectivity index (χ2v) is 5.72. The highest BCUT2D eigenvalue weighted by atomic mass is 16.5. The molecular formula is C16H24O. The van der Waals surface area contributed by atoms with Crippen LogP contribution in [0.5, 0.6) is 5.75 Å². The van der Waals surface area contributed by atoms with Crippen LogP contribution >= 0.6 is 0 Å². The van der Waals surface area contributed by atoms with Gasteiger partial charge >= 0.3 is 0 Å². The molecule has 0 spiro atoms. The molecule has 0 unspecified atom stereocenters. The van der Waals surface area contributed by atoms with Crippen LogP contribution in [-0.2, 0) is 6.42 Å². The predicted molar refractivity (Wildman–Crippen MR) is 75.5 cm³/mol. The van der Waals surface area contributed by atoms with Crippen LogP contribution in [0.2, 0.25) is 0 Å². The van der Waals surface area contributed by atoms with Crippen LogP contribution in [0.25, 0.3) is 5.57 Å². The second-order valence-electron chi connectivity index (χ2n) is 5.72. The fraction of sp³-hybridized carbons (Fsp3) is 0.500.